The quantitative estimate of drug-likeness (QED) is 0.721. The van der Waals surface area contributed by atoms with Crippen molar-refractivity contribution in [2.75, 3.05) is 6.61 Å². The molecule has 0 aliphatic rings. The van der Waals surface area contributed by atoms with Gasteiger partial charge in [-0.2, -0.15) is 0 Å². The molecule has 2 rings (SSSR count). The molecule has 0 N–H and O–H groups in total. The summed E-state index contributed by atoms with van der Waals surface area (Å²) in [6, 6.07) is 4.42. The van der Waals surface area contributed by atoms with Gasteiger partial charge in [0.1, 0.15) is 11.6 Å². The van der Waals surface area contributed by atoms with Gasteiger partial charge in [-0.3, -0.25) is 0 Å². The van der Waals surface area contributed by atoms with Crippen LogP contribution < -0.4 is 0 Å². The molecular formula is C11H8FO3. The summed E-state index contributed by atoms with van der Waals surface area (Å²) in [5.74, 6) is 0.299. The maximum atomic E-state index is 12.9. The molecule has 0 unspecified atom stereocenters. The van der Waals surface area contributed by atoms with E-state index in [1.807, 2.05) is 0 Å². The van der Waals surface area contributed by atoms with Crippen molar-refractivity contribution in [1.29, 1.82) is 0 Å². The summed E-state index contributed by atoms with van der Waals surface area (Å²) < 4.78 is 22.6. The molecule has 4 heteroatoms. The van der Waals surface area contributed by atoms with Crippen molar-refractivity contribution in [1.82, 2.24) is 0 Å². The SMILES string of the molecule is O=[C]OCCc1occ2ccc(F)cc12. The molecule has 2 aromatic rings. The van der Waals surface area contributed by atoms with Crippen molar-refractivity contribution in [3.05, 3.63) is 36.0 Å². The first-order valence-electron chi connectivity index (χ1n) is 4.46. The Morgan fingerprint density at radius 2 is 2.33 bits per heavy atom. The molecule has 0 aliphatic carbocycles. The Labute approximate surface area is 85.4 Å². The van der Waals surface area contributed by atoms with Gasteiger partial charge in [0, 0.05) is 17.2 Å². The molecule has 1 aromatic carbocycles. The molecule has 0 spiro atoms. The lowest BCUT2D eigenvalue weighted by Gasteiger charge is -1.96. The lowest BCUT2D eigenvalue weighted by molar-refractivity contribution is 0.274. The van der Waals surface area contributed by atoms with Crippen molar-refractivity contribution >= 4 is 17.2 Å². The minimum Gasteiger partial charge on any atom is -0.468 e. The van der Waals surface area contributed by atoms with Crippen LogP contribution >= 0.6 is 0 Å². The van der Waals surface area contributed by atoms with E-state index in [-0.39, 0.29) is 12.4 Å². The summed E-state index contributed by atoms with van der Waals surface area (Å²) in [5.41, 5.74) is 0. The van der Waals surface area contributed by atoms with E-state index in [0.717, 1.165) is 5.39 Å². The van der Waals surface area contributed by atoms with E-state index < -0.39 is 0 Å². The van der Waals surface area contributed by atoms with E-state index in [9.17, 15) is 9.18 Å². The average Bonchev–Trinajstić information content (AvgIpc) is 2.62. The Hall–Kier alpha value is -1.84. The van der Waals surface area contributed by atoms with Crippen LogP contribution in [0.25, 0.3) is 10.8 Å². The van der Waals surface area contributed by atoms with Gasteiger partial charge in [0.15, 0.2) is 0 Å². The Kier molecular flexibility index (Phi) is 2.67. The summed E-state index contributed by atoms with van der Waals surface area (Å²) >= 11 is 0. The maximum Gasteiger partial charge on any atom is 0.417 e. The Morgan fingerprint density at radius 1 is 1.47 bits per heavy atom. The third-order valence-electron chi connectivity index (χ3n) is 2.13. The predicted molar refractivity (Wildman–Crippen MR) is 51.5 cm³/mol. The number of ether oxygens (including phenoxy) is 1. The van der Waals surface area contributed by atoms with E-state index in [1.54, 1.807) is 12.3 Å². The second-order valence-corrected chi connectivity index (χ2v) is 3.07. The van der Waals surface area contributed by atoms with Gasteiger partial charge in [-0.1, -0.05) is 0 Å². The summed E-state index contributed by atoms with van der Waals surface area (Å²) in [5, 5.41) is 1.55. The Bertz CT molecular complexity index is 476. The number of halogens is 1. The fraction of sp³-hybridized carbons (Fsp3) is 0.182. The minimum absolute atomic E-state index is 0.183. The van der Waals surface area contributed by atoms with Crippen LogP contribution in [0, 0.1) is 5.82 Å². The van der Waals surface area contributed by atoms with Gasteiger partial charge < -0.3 is 9.15 Å². The molecule has 0 fully saturated rings. The Morgan fingerprint density at radius 3 is 3.13 bits per heavy atom. The van der Waals surface area contributed by atoms with Crippen LogP contribution in [0.3, 0.4) is 0 Å². The first-order valence-corrected chi connectivity index (χ1v) is 4.46. The van der Waals surface area contributed by atoms with Gasteiger partial charge >= 0.3 is 6.47 Å². The van der Waals surface area contributed by atoms with E-state index in [2.05, 4.69) is 4.74 Å². The number of hydrogen-bond donors (Lipinski definition) is 0. The van der Waals surface area contributed by atoms with Crippen LogP contribution in [0.4, 0.5) is 4.39 Å². The van der Waals surface area contributed by atoms with Crippen LogP contribution in [0.1, 0.15) is 5.76 Å². The highest BCUT2D eigenvalue weighted by Gasteiger charge is 2.07. The highest BCUT2D eigenvalue weighted by Crippen LogP contribution is 2.22. The molecule has 15 heavy (non-hydrogen) atoms. The molecule has 77 valence electrons. The van der Waals surface area contributed by atoms with Crippen molar-refractivity contribution in [2.24, 2.45) is 0 Å². The summed E-state index contributed by atoms with van der Waals surface area (Å²) in [6.07, 6.45) is 1.97. The molecule has 1 radical (unpaired) electrons. The number of rotatable bonds is 4. The van der Waals surface area contributed by atoms with E-state index in [0.29, 0.717) is 17.6 Å². The molecule has 0 saturated heterocycles. The molecule has 0 saturated carbocycles. The van der Waals surface area contributed by atoms with Gasteiger partial charge in [-0.05, 0) is 18.2 Å². The second-order valence-electron chi connectivity index (χ2n) is 3.07. The number of benzene rings is 1. The summed E-state index contributed by atoms with van der Waals surface area (Å²) in [6.45, 7) is 1.51. The normalized spacial score (nSPS) is 10.5. The number of furan rings is 1. The van der Waals surface area contributed by atoms with Crippen LogP contribution in [0.2, 0.25) is 0 Å². The molecule has 0 aliphatic heterocycles. The monoisotopic (exact) mass is 207 g/mol. The fourth-order valence-corrected chi connectivity index (χ4v) is 1.45. The number of fused-ring (bicyclic) bond motifs is 1. The summed E-state index contributed by atoms with van der Waals surface area (Å²) in [7, 11) is 0. The molecule has 0 bridgehead atoms. The van der Waals surface area contributed by atoms with Crippen molar-refractivity contribution in [3.63, 3.8) is 0 Å². The maximum absolute atomic E-state index is 12.9. The van der Waals surface area contributed by atoms with Gasteiger partial charge in [-0.25, -0.2) is 9.18 Å². The fourth-order valence-electron chi connectivity index (χ4n) is 1.45. The number of hydrogen-bond acceptors (Lipinski definition) is 3. The van der Waals surface area contributed by atoms with Gasteiger partial charge in [0.2, 0.25) is 0 Å². The first kappa shape index (κ1) is 9.71. The molecular weight excluding hydrogens is 199 g/mol. The van der Waals surface area contributed by atoms with Crippen molar-refractivity contribution in [3.8, 4) is 0 Å². The average molecular weight is 207 g/mol. The van der Waals surface area contributed by atoms with E-state index in [1.165, 1.54) is 18.6 Å². The zero-order valence-electron chi connectivity index (χ0n) is 7.83. The molecule has 0 amide bonds. The van der Waals surface area contributed by atoms with Crippen LogP contribution in [0.15, 0.2) is 28.9 Å². The molecule has 3 nitrogen and oxygen atoms in total. The molecule has 0 atom stereocenters. The highest BCUT2D eigenvalue weighted by molar-refractivity contribution is 5.84. The van der Waals surface area contributed by atoms with Crippen LogP contribution in [0.5, 0.6) is 0 Å². The molecule has 1 aromatic heterocycles. The Balaban J connectivity index is 2.27. The third-order valence-corrected chi connectivity index (χ3v) is 2.13. The third kappa shape index (κ3) is 1.98. The van der Waals surface area contributed by atoms with Gasteiger partial charge in [0.05, 0.1) is 12.9 Å². The van der Waals surface area contributed by atoms with Crippen molar-refractivity contribution < 1.29 is 18.3 Å². The van der Waals surface area contributed by atoms with E-state index in [4.69, 9.17) is 4.42 Å². The lowest BCUT2D eigenvalue weighted by Crippen LogP contribution is -1.95. The highest BCUT2D eigenvalue weighted by atomic mass is 19.1. The number of carbonyl (C=O) groups excluding carboxylic acids is 1. The first-order chi connectivity index (χ1) is 7.31. The zero-order valence-corrected chi connectivity index (χ0v) is 7.83. The molecule has 1 heterocycles. The topological polar surface area (TPSA) is 39.4 Å². The standard InChI is InChI=1S/C11H8FO3/c12-9-2-1-8-6-15-11(10(8)5-9)3-4-14-7-13/h1-2,5-6H,3-4H2. The van der Waals surface area contributed by atoms with Gasteiger partial charge in [0.25, 0.3) is 0 Å². The van der Waals surface area contributed by atoms with Crippen LogP contribution in [-0.4, -0.2) is 13.1 Å². The second kappa shape index (κ2) is 4.13. The predicted octanol–water partition coefficient (Wildman–Crippen LogP) is 2.20. The van der Waals surface area contributed by atoms with Gasteiger partial charge in [-0.15, -0.1) is 0 Å². The minimum atomic E-state index is -0.312. The largest absolute Gasteiger partial charge is 0.468 e. The summed E-state index contributed by atoms with van der Waals surface area (Å²) in [4.78, 5) is 9.81. The lowest BCUT2D eigenvalue weighted by atomic mass is 10.1. The van der Waals surface area contributed by atoms with Crippen molar-refractivity contribution in [2.45, 2.75) is 6.42 Å². The van der Waals surface area contributed by atoms with E-state index >= 15 is 0 Å². The smallest absolute Gasteiger partial charge is 0.417 e. The zero-order chi connectivity index (χ0) is 10.7. The van der Waals surface area contributed by atoms with Crippen LogP contribution in [-0.2, 0) is 16.0 Å².